The minimum Gasteiger partial charge on any atom is -0.373 e. The Balaban J connectivity index is 1.37. The first-order chi connectivity index (χ1) is 17.4. The van der Waals surface area contributed by atoms with E-state index in [0.717, 1.165) is 49.0 Å². The van der Waals surface area contributed by atoms with Crippen LogP contribution in [-0.2, 0) is 0 Å². The van der Waals surface area contributed by atoms with E-state index in [2.05, 4.69) is 31.1 Å². The average Bonchev–Trinajstić information content (AvgIpc) is 3.47. The van der Waals surface area contributed by atoms with E-state index in [-0.39, 0.29) is 17.5 Å². The number of aromatic nitrogens is 6. The second kappa shape index (κ2) is 8.51. The molecule has 0 aromatic carbocycles. The first-order valence-corrected chi connectivity index (χ1v) is 12.3. The third-order valence-electron chi connectivity index (χ3n) is 7.00. The maximum Gasteiger partial charge on any atom is 0.278 e. The number of fused-ring (bicyclic) bond motifs is 1. The molecule has 2 saturated carbocycles. The molecule has 0 aliphatic heterocycles. The summed E-state index contributed by atoms with van der Waals surface area (Å²) in [6.07, 6.45) is 10.5. The zero-order valence-corrected chi connectivity index (χ0v) is 20.6. The molecular formula is C25H29N9O2. The minimum absolute atomic E-state index is 0.192. The summed E-state index contributed by atoms with van der Waals surface area (Å²) >= 11 is 0. The number of pyridine rings is 1. The monoisotopic (exact) mass is 487 g/mol. The van der Waals surface area contributed by atoms with E-state index >= 15 is 0 Å². The number of amides is 1. The second-order valence-electron chi connectivity index (χ2n) is 9.69. The summed E-state index contributed by atoms with van der Waals surface area (Å²) in [6.45, 7) is 3.93. The molecule has 2 aliphatic carbocycles. The van der Waals surface area contributed by atoms with Gasteiger partial charge in [-0.1, -0.05) is 0 Å². The summed E-state index contributed by atoms with van der Waals surface area (Å²) in [7, 11) is 1.77. The van der Waals surface area contributed by atoms with E-state index in [4.69, 9.17) is 0 Å². The second-order valence-corrected chi connectivity index (χ2v) is 9.69. The van der Waals surface area contributed by atoms with Crippen LogP contribution in [0.4, 0.5) is 17.3 Å². The van der Waals surface area contributed by atoms with Gasteiger partial charge in [0.15, 0.2) is 5.65 Å². The molecule has 36 heavy (non-hydrogen) atoms. The molecule has 3 N–H and O–H groups in total. The van der Waals surface area contributed by atoms with Gasteiger partial charge < -0.3 is 16.0 Å². The summed E-state index contributed by atoms with van der Waals surface area (Å²) in [5.74, 6) is 0.881. The van der Waals surface area contributed by atoms with Crippen LogP contribution in [0.15, 0.2) is 35.5 Å². The normalized spacial score (nSPS) is 15.6. The molecule has 0 saturated heterocycles. The van der Waals surface area contributed by atoms with Crippen LogP contribution in [0.5, 0.6) is 0 Å². The molecule has 4 aromatic heterocycles. The van der Waals surface area contributed by atoms with Crippen LogP contribution in [0.3, 0.4) is 0 Å². The van der Waals surface area contributed by atoms with Crippen molar-refractivity contribution in [3.63, 3.8) is 0 Å². The van der Waals surface area contributed by atoms with Gasteiger partial charge in [-0.3, -0.25) is 18.8 Å². The average molecular weight is 488 g/mol. The maximum absolute atomic E-state index is 13.5. The van der Waals surface area contributed by atoms with E-state index in [1.807, 2.05) is 24.7 Å². The van der Waals surface area contributed by atoms with Gasteiger partial charge in [-0.05, 0) is 57.6 Å². The number of carbonyl (C=O) groups is 1. The van der Waals surface area contributed by atoms with Gasteiger partial charge in [0, 0.05) is 25.4 Å². The predicted octanol–water partition coefficient (Wildman–Crippen LogP) is 3.10. The lowest BCUT2D eigenvalue weighted by Crippen LogP contribution is -2.39. The smallest absolute Gasteiger partial charge is 0.278 e. The lowest BCUT2D eigenvalue weighted by atomic mass is 9.93. The van der Waals surface area contributed by atoms with Crippen LogP contribution in [-0.4, -0.2) is 47.9 Å². The van der Waals surface area contributed by atoms with E-state index in [0.29, 0.717) is 34.6 Å². The van der Waals surface area contributed by atoms with Crippen molar-refractivity contribution in [3.05, 3.63) is 57.9 Å². The van der Waals surface area contributed by atoms with E-state index in [1.54, 1.807) is 34.5 Å². The number of rotatable bonds is 7. The Morgan fingerprint density at radius 1 is 1.08 bits per heavy atom. The minimum atomic E-state index is -0.205. The Labute approximate surface area is 207 Å². The summed E-state index contributed by atoms with van der Waals surface area (Å²) in [5, 5.41) is 18.2. The number of nitrogens with zero attached hydrogens (tertiary/aromatic N) is 6. The van der Waals surface area contributed by atoms with E-state index in [1.165, 1.54) is 6.20 Å². The van der Waals surface area contributed by atoms with Crippen molar-refractivity contribution in [2.24, 2.45) is 0 Å². The Morgan fingerprint density at radius 2 is 1.89 bits per heavy atom. The molecule has 4 aromatic rings. The molecule has 1 amide bonds. The van der Waals surface area contributed by atoms with Gasteiger partial charge in [-0.2, -0.15) is 14.7 Å². The van der Waals surface area contributed by atoms with E-state index < -0.39 is 0 Å². The van der Waals surface area contributed by atoms with Crippen molar-refractivity contribution in [3.8, 4) is 5.69 Å². The van der Waals surface area contributed by atoms with Gasteiger partial charge >= 0.3 is 0 Å². The number of aryl methyl sites for hydroxylation is 1. The summed E-state index contributed by atoms with van der Waals surface area (Å²) in [5.41, 5.74) is 3.63. The highest BCUT2D eigenvalue weighted by Crippen LogP contribution is 2.36. The van der Waals surface area contributed by atoms with Crippen LogP contribution in [0.2, 0.25) is 0 Å². The number of hydrogen-bond acceptors (Lipinski definition) is 7. The largest absolute Gasteiger partial charge is 0.373 e. The van der Waals surface area contributed by atoms with Crippen LogP contribution >= 0.6 is 0 Å². The van der Waals surface area contributed by atoms with Crippen molar-refractivity contribution in [2.45, 2.75) is 58.0 Å². The molecule has 2 fully saturated rings. The zero-order valence-electron chi connectivity index (χ0n) is 20.6. The van der Waals surface area contributed by atoms with Crippen molar-refractivity contribution < 1.29 is 4.79 Å². The Bertz CT molecular complexity index is 1540. The summed E-state index contributed by atoms with van der Waals surface area (Å²) in [6, 6.07) is 4.19. The van der Waals surface area contributed by atoms with Crippen LogP contribution in [0, 0.1) is 13.8 Å². The Hall–Kier alpha value is -4.15. The quantitative estimate of drug-likeness (QED) is 0.366. The third-order valence-corrected chi connectivity index (χ3v) is 7.00. The standard InChI is InChI=1S/C25H29N9O2/c1-14-9-19(25(36)32(13-14)20-12-28-33(15(20)2)17-7-8-17)30-21-10-22(26-3)34-23(31-21)18(11-27-34)24(35)29-16-5-4-6-16/h9-13,16-17,26H,4-8H2,1-3H3,(H,29,35)(H,30,31). The number of carbonyl (C=O) groups excluding carboxylic acids is 1. The van der Waals surface area contributed by atoms with Gasteiger partial charge in [0.2, 0.25) is 0 Å². The molecule has 0 radical (unpaired) electrons. The van der Waals surface area contributed by atoms with Crippen LogP contribution in [0.25, 0.3) is 11.3 Å². The lowest BCUT2D eigenvalue weighted by molar-refractivity contribution is 0.0918. The fourth-order valence-corrected chi connectivity index (χ4v) is 4.64. The third kappa shape index (κ3) is 3.80. The Kier molecular flexibility index (Phi) is 5.27. The van der Waals surface area contributed by atoms with Gasteiger partial charge in [-0.15, -0.1) is 0 Å². The molecule has 11 nitrogen and oxygen atoms in total. The molecule has 0 spiro atoms. The van der Waals surface area contributed by atoms with Gasteiger partial charge in [0.25, 0.3) is 11.5 Å². The molecule has 6 rings (SSSR count). The Morgan fingerprint density at radius 3 is 2.58 bits per heavy atom. The first kappa shape index (κ1) is 22.3. The SMILES string of the molecule is CNc1cc(Nc2cc(C)cn(-c3cnn(C4CC4)c3C)c2=O)nc2c(C(=O)NC3CCC3)cnn12. The molecule has 11 heteroatoms. The molecule has 0 unspecified atom stereocenters. The highest BCUT2D eigenvalue weighted by atomic mass is 16.2. The molecule has 4 heterocycles. The van der Waals surface area contributed by atoms with Crippen molar-refractivity contribution in [2.75, 3.05) is 17.7 Å². The highest BCUT2D eigenvalue weighted by molar-refractivity contribution is 6.00. The van der Waals surface area contributed by atoms with Gasteiger partial charge in [0.05, 0.1) is 29.8 Å². The zero-order chi connectivity index (χ0) is 25.0. The number of anilines is 3. The first-order valence-electron chi connectivity index (χ1n) is 12.3. The summed E-state index contributed by atoms with van der Waals surface area (Å²) < 4.78 is 5.22. The van der Waals surface area contributed by atoms with Gasteiger partial charge in [-0.25, -0.2) is 4.98 Å². The van der Waals surface area contributed by atoms with Crippen molar-refractivity contribution in [1.29, 1.82) is 0 Å². The van der Waals surface area contributed by atoms with E-state index in [9.17, 15) is 9.59 Å². The van der Waals surface area contributed by atoms with Crippen molar-refractivity contribution in [1.82, 2.24) is 34.3 Å². The number of nitrogens with one attached hydrogen (secondary N) is 3. The maximum atomic E-state index is 13.5. The van der Waals surface area contributed by atoms with Crippen LogP contribution < -0.4 is 21.5 Å². The van der Waals surface area contributed by atoms with Crippen LogP contribution in [0.1, 0.15) is 59.8 Å². The highest BCUT2D eigenvalue weighted by Gasteiger charge is 2.27. The molecule has 2 aliphatic rings. The topological polar surface area (TPSA) is 123 Å². The fraction of sp³-hybridized carbons (Fsp3) is 0.400. The predicted molar refractivity (Wildman–Crippen MR) is 136 cm³/mol. The molecule has 0 atom stereocenters. The van der Waals surface area contributed by atoms with Gasteiger partial charge in [0.1, 0.15) is 22.9 Å². The van der Waals surface area contributed by atoms with Crippen molar-refractivity contribution >= 4 is 28.9 Å². The molecular weight excluding hydrogens is 458 g/mol. The summed E-state index contributed by atoms with van der Waals surface area (Å²) in [4.78, 5) is 31.0. The molecule has 0 bridgehead atoms. The molecule has 186 valence electrons. The fourth-order valence-electron chi connectivity index (χ4n) is 4.64. The lowest BCUT2D eigenvalue weighted by Gasteiger charge is -2.26. The number of hydrogen-bond donors (Lipinski definition) is 3.